The van der Waals surface area contributed by atoms with Gasteiger partial charge in [-0.2, -0.15) is 0 Å². The fraction of sp³-hybridized carbons (Fsp3) is 0.455. The first-order valence-electron chi connectivity index (χ1n) is 4.86. The maximum Gasteiger partial charge on any atom is 0.123 e. The van der Waals surface area contributed by atoms with Gasteiger partial charge in [-0.3, -0.25) is 0 Å². The van der Waals surface area contributed by atoms with Crippen LogP contribution in [0, 0.1) is 5.82 Å². The summed E-state index contributed by atoms with van der Waals surface area (Å²) in [6.45, 7) is 1.94. The van der Waals surface area contributed by atoms with Gasteiger partial charge in [-0.15, -0.1) is 0 Å². The lowest BCUT2D eigenvalue weighted by Crippen LogP contribution is -2.18. The van der Waals surface area contributed by atoms with Gasteiger partial charge in [0.05, 0.1) is 0 Å². The van der Waals surface area contributed by atoms with Crippen LogP contribution in [0.3, 0.4) is 0 Å². The number of nitrogens with two attached hydrogens (primary N) is 2. The maximum absolute atomic E-state index is 12.8. The zero-order chi connectivity index (χ0) is 10.6. The smallest absolute Gasteiger partial charge is 0.123 e. The average molecular weight is 196 g/mol. The topological polar surface area (TPSA) is 52.0 Å². The zero-order valence-electron chi connectivity index (χ0n) is 8.41. The lowest BCUT2D eigenvalue weighted by molar-refractivity contribution is 0.550. The Labute approximate surface area is 84.1 Å². The standard InChI is InChI=1S/C11H17FN2/c1-8(13)5-6-11(14)9-3-2-4-10(12)7-9/h2-4,7-8,11H,5-6,13-14H2,1H3. The predicted molar refractivity (Wildman–Crippen MR) is 56.2 cm³/mol. The lowest BCUT2D eigenvalue weighted by atomic mass is 10.0. The Hall–Kier alpha value is -0.930. The molecule has 0 saturated heterocycles. The van der Waals surface area contributed by atoms with Crippen LogP contribution in [-0.4, -0.2) is 6.04 Å². The van der Waals surface area contributed by atoms with Crippen molar-refractivity contribution in [2.45, 2.75) is 31.8 Å². The molecule has 0 aliphatic carbocycles. The van der Waals surface area contributed by atoms with E-state index in [0.29, 0.717) is 0 Å². The zero-order valence-corrected chi connectivity index (χ0v) is 8.41. The molecule has 0 aliphatic heterocycles. The molecule has 2 unspecified atom stereocenters. The molecule has 0 fully saturated rings. The molecule has 0 saturated carbocycles. The molecule has 78 valence electrons. The van der Waals surface area contributed by atoms with Gasteiger partial charge in [0.2, 0.25) is 0 Å². The van der Waals surface area contributed by atoms with E-state index in [4.69, 9.17) is 11.5 Å². The molecule has 2 nitrogen and oxygen atoms in total. The normalized spacial score (nSPS) is 15.1. The molecule has 4 N–H and O–H groups in total. The van der Waals surface area contributed by atoms with E-state index in [1.165, 1.54) is 12.1 Å². The summed E-state index contributed by atoms with van der Waals surface area (Å²) in [7, 11) is 0. The van der Waals surface area contributed by atoms with Crippen LogP contribution in [-0.2, 0) is 0 Å². The molecule has 0 bridgehead atoms. The highest BCUT2D eigenvalue weighted by molar-refractivity contribution is 5.19. The van der Waals surface area contributed by atoms with Crippen LogP contribution in [0.15, 0.2) is 24.3 Å². The molecule has 1 aromatic carbocycles. The quantitative estimate of drug-likeness (QED) is 0.773. The molecule has 1 aromatic rings. The van der Waals surface area contributed by atoms with Gasteiger partial charge in [0.1, 0.15) is 5.82 Å². The Bertz CT molecular complexity index is 286. The minimum absolute atomic E-state index is 0.114. The van der Waals surface area contributed by atoms with Crippen LogP contribution in [0.4, 0.5) is 4.39 Å². The first kappa shape index (κ1) is 11.1. The summed E-state index contributed by atoms with van der Waals surface area (Å²) in [4.78, 5) is 0. The molecule has 1 rings (SSSR count). The van der Waals surface area contributed by atoms with Gasteiger partial charge < -0.3 is 11.5 Å². The van der Waals surface area contributed by atoms with Crippen LogP contribution in [0.2, 0.25) is 0 Å². The molecular formula is C11H17FN2. The monoisotopic (exact) mass is 196 g/mol. The lowest BCUT2D eigenvalue weighted by Gasteiger charge is -2.13. The summed E-state index contributed by atoms with van der Waals surface area (Å²) < 4.78 is 12.8. The van der Waals surface area contributed by atoms with E-state index in [1.807, 2.05) is 13.0 Å². The van der Waals surface area contributed by atoms with Crippen molar-refractivity contribution in [1.82, 2.24) is 0 Å². The second-order valence-corrected chi connectivity index (χ2v) is 3.72. The Morgan fingerprint density at radius 1 is 1.29 bits per heavy atom. The number of halogens is 1. The van der Waals surface area contributed by atoms with Gasteiger partial charge >= 0.3 is 0 Å². The van der Waals surface area contributed by atoms with Crippen molar-refractivity contribution in [1.29, 1.82) is 0 Å². The van der Waals surface area contributed by atoms with Gasteiger partial charge in [-0.1, -0.05) is 12.1 Å². The summed E-state index contributed by atoms with van der Waals surface area (Å²) in [5.74, 6) is -0.237. The van der Waals surface area contributed by atoms with Gasteiger partial charge in [-0.05, 0) is 37.5 Å². The second kappa shape index (κ2) is 5.08. The van der Waals surface area contributed by atoms with Crippen LogP contribution < -0.4 is 11.5 Å². The summed E-state index contributed by atoms with van der Waals surface area (Å²) in [5, 5.41) is 0. The minimum Gasteiger partial charge on any atom is -0.328 e. The predicted octanol–water partition coefficient (Wildman–Crippen LogP) is 1.95. The van der Waals surface area contributed by atoms with Gasteiger partial charge in [-0.25, -0.2) is 4.39 Å². The van der Waals surface area contributed by atoms with E-state index >= 15 is 0 Å². The summed E-state index contributed by atoms with van der Waals surface area (Å²) in [6, 6.07) is 6.45. The van der Waals surface area contributed by atoms with Gasteiger partial charge in [0, 0.05) is 12.1 Å². The molecule has 0 amide bonds. The van der Waals surface area contributed by atoms with Crippen molar-refractivity contribution in [3.05, 3.63) is 35.6 Å². The molecule has 2 atom stereocenters. The van der Waals surface area contributed by atoms with Gasteiger partial charge in [0.15, 0.2) is 0 Å². The van der Waals surface area contributed by atoms with E-state index in [2.05, 4.69) is 0 Å². The maximum atomic E-state index is 12.8. The fourth-order valence-corrected chi connectivity index (χ4v) is 1.35. The van der Waals surface area contributed by atoms with E-state index in [9.17, 15) is 4.39 Å². The Balaban J connectivity index is 2.56. The Morgan fingerprint density at radius 2 is 2.00 bits per heavy atom. The molecule has 0 radical (unpaired) electrons. The third-order valence-electron chi connectivity index (χ3n) is 2.21. The molecule has 0 heterocycles. The molecule has 14 heavy (non-hydrogen) atoms. The van der Waals surface area contributed by atoms with Gasteiger partial charge in [0.25, 0.3) is 0 Å². The van der Waals surface area contributed by atoms with E-state index in [1.54, 1.807) is 6.07 Å². The molecule has 0 spiro atoms. The van der Waals surface area contributed by atoms with Crippen LogP contribution in [0.25, 0.3) is 0 Å². The van der Waals surface area contributed by atoms with Crippen molar-refractivity contribution in [2.24, 2.45) is 11.5 Å². The second-order valence-electron chi connectivity index (χ2n) is 3.72. The number of hydrogen-bond donors (Lipinski definition) is 2. The van der Waals surface area contributed by atoms with E-state index in [-0.39, 0.29) is 17.9 Å². The molecule has 3 heteroatoms. The van der Waals surface area contributed by atoms with Crippen molar-refractivity contribution >= 4 is 0 Å². The first-order chi connectivity index (χ1) is 6.59. The van der Waals surface area contributed by atoms with Crippen LogP contribution >= 0.6 is 0 Å². The van der Waals surface area contributed by atoms with E-state index in [0.717, 1.165) is 18.4 Å². The first-order valence-corrected chi connectivity index (χ1v) is 4.86. The third kappa shape index (κ3) is 3.44. The molecular weight excluding hydrogens is 179 g/mol. The highest BCUT2D eigenvalue weighted by atomic mass is 19.1. The van der Waals surface area contributed by atoms with Crippen molar-refractivity contribution in [3.63, 3.8) is 0 Å². The van der Waals surface area contributed by atoms with Crippen LogP contribution in [0.1, 0.15) is 31.4 Å². The van der Waals surface area contributed by atoms with Crippen molar-refractivity contribution in [3.8, 4) is 0 Å². The summed E-state index contributed by atoms with van der Waals surface area (Å²) >= 11 is 0. The third-order valence-corrected chi connectivity index (χ3v) is 2.21. The minimum atomic E-state index is -0.237. The number of rotatable bonds is 4. The number of hydrogen-bond acceptors (Lipinski definition) is 2. The Morgan fingerprint density at radius 3 is 2.57 bits per heavy atom. The molecule has 0 aromatic heterocycles. The summed E-state index contributed by atoms with van der Waals surface area (Å²) in [6.07, 6.45) is 1.65. The molecule has 0 aliphatic rings. The van der Waals surface area contributed by atoms with Crippen molar-refractivity contribution in [2.75, 3.05) is 0 Å². The summed E-state index contributed by atoms with van der Waals surface area (Å²) in [5.41, 5.74) is 12.3. The van der Waals surface area contributed by atoms with Crippen LogP contribution in [0.5, 0.6) is 0 Å². The average Bonchev–Trinajstić information content (AvgIpc) is 2.14. The highest BCUT2D eigenvalue weighted by Crippen LogP contribution is 2.16. The SMILES string of the molecule is CC(N)CCC(N)c1cccc(F)c1. The van der Waals surface area contributed by atoms with Crippen molar-refractivity contribution < 1.29 is 4.39 Å². The highest BCUT2D eigenvalue weighted by Gasteiger charge is 2.07. The Kier molecular flexibility index (Phi) is 4.04. The van der Waals surface area contributed by atoms with E-state index < -0.39 is 0 Å². The largest absolute Gasteiger partial charge is 0.328 e. The fourth-order valence-electron chi connectivity index (χ4n) is 1.35. The number of benzene rings is 1.